The van der Waals surface area contributed by atoms with Gasteiger partial charge in [-0.25, -0.2) is 0 Å². The number of nitrogens with one attached hydrogen (secondary N) is 1. The summed E-state index contributed by atoms with van der Waals surface area (Å²) in [7, 11) is 0. The number of H-pyrrole nitrogens is 1. The molecule has 0 amide bonds. The van der Waals surface area contributed by atoms with Crippen LogP contribution in [0.4, 0.5) is 5.82 Å². The van der Waals surface area contributed by atoms with E-state index in [-0.39, 0.29) is 6.42 Å². The van der Waals surface area contributed by atoms with Crippen LogP contribution in [0, 0.1) is 0 Å². The summed E-state index contributed by atoms with van der Waals surface area (Å²) < 4.78 is 0. The average molecular weight is 232 g/mol. The molecule has 0 saturated heterocycles. The third kappa shape index (κ3) is 2.41. The van der Waals surface area contributed by atoms with Gasteiger partial charge in [-0.05, 0) is 17.7 Å². The monoisotopic (exact) mass is 232 g/mol. The predicted molar refractivity (Wildman–Crippen MR) is 62.2 cm³/mol. The minimum absolute atomic E-state index is 0.0414. The third-order valence-electron chi connectivity index (χ3n) is 2.43. The van der Waals surface area contributed by atoms with Crippen LogP contribution in [0.3, 0.4) is 0 Å². The number of pyridine rings is 1. The molecule has 2 aromatic rings. The Morgan fingerprint density at radius 1 is 1.41 bits per heavy atom. The molecule has 0 fully saturated rings. The van der Waals surface area contributed by atoms with Gasteiger partial charge in [0.15, 0.2) is 5.82 Å². The van der Waals surface area contributed by atoms with Crippen LogP contribution in [0.5, 0.6) is 0 Å². The zero-order valence-corrected chi connectivity index (χ0v) is 9.05. The first kappa shape index (κ1) is 11.1. The molecule has 4 N–H and O–H groups in total. The van der Waals surface area contributed by atoms with Crippen LogP contribution in [0.1, 0.15) is 12.1 Å². The lowest BCUT2D eigenvalue weighted by Crippen LogP contribution is -1.99. The van der Waals surface area contributed by atoms with Gasteiger partial charge in [-0.3, -0.25) is 14.9 Å². The summed E-state index contributed by atoms with van der Waals surface area (Å²) in [6.45, 7) is 0. The minimum Gasteiger partial charge on any atom is -0.481 e. The fourth-order valence-electron chi connectivity index (χ4n) is 1.65. The Kier molecular flexibility index (Phi) is 3.04. The summed E-state index contributed by atoms with van der Waals surface area (Å²) >= 11 is 0. The zero-order chi connectivity index (χ0) is 12.3. The zero-order valence-electron chi connectivity index (χ0n) is 9.05. The Morgan fingerprint density at radius 2 is 2.12 bits per heavy atom. The van der Waals surface area contributed by atoms with Crippen LogP contribution >= 0.6 is 0 Å². The number of aromatic amines is 1. The van der Waals surface area contributed by atoms with Crippen molar-refractivity contribution in [1.29, 1.82) is 0 Å². The van der Waals surface area contributed by atoms with Crippen LogP contribution in [0.25, 0.3) is 11.1 Å². The Labute approximate surface area is 97.5 Å². The number of carboxylic acids is 1. The predicted octanol–water partition coefficient (Wildman–Crippen LogP) is 1.07. The number of rotatable bonds is 4. The summed E-state index contributed by atoms with van der Waals surface area (Å²) in [5.74, 6) is -0.476. The number of aliphatic carboxylic acids is 1. The number of hydrogen-bond donors (Lipinski definition) is 3. The van der Waals surface area contributed by atoms with Crippen molar-refractivity contribution in [3.63, 3.8) is 0 Å². The maximum Gasteiger partial charge on any atom is 0.303 e. The van der Waals surface area contributed by atoms with Crippen molar-refractivity contribution in [3.05, 3.63) is 30.2 Å². The lowest BCUT2D eigenvalue weighted by Gasteiger charge is -2.02. The fraction of sp³-hybridized carbons (Fsp3) is 0.182. The highest BCUT2D eigenvalue weighted by Gasteiger charge is 2.13. The molecule has 0 radical (unpaired) electrons. The lowest BCUT2D eigenvalue weighted by atomic mass is 10.0. The third-order valence-corrected chi connectivity index (χ3v) is 2.43. The van der Waals surface area contributed by atoms with Crippen LogP contribution in [-0.2, 0) is 11.2 Å². The minimum atomic E-state index is -0.848. The van der Waals surface area contributed by atoms with Crippen LogP contribution in [-0.4, -0.2) is 26.3 Å². The molecule has 0 aromatic carbocycles. The molecule has 0 spiro atoms. The van der Waals surface area contributed by atoms with Gasteiger partial charge in [-0.2, -0.15) is 5.10 Å². The first-order chi connectivity index (χ1) is 8.18. The van der Waals surface area contributed by atoms with Gasteiger partial charge in [-0.1, -0.05) is 0 Å². The van der Waals surface area contributed by atoms with E-state index in [9.17, 15) is 4.79 Å². The van der Waals surface area contributed by atoms with Crippen molar-refractivity contribution in [2.75, 3.05) is 5.73 Å². The second-order valence-electron chi connectivity index (χ2n) is 3.59. The van der Waals surface area contributed by atoms with Gasteiger partial charge < -0.3 is 10.8 Å². The maximum absolute atomic E-state index is 10.6. The van der Waals surface area contributed by atoms with E-state index in [0.29, 0.717) is 12.2 Å². The summed E-state index contributed by atoms with van der Waals surface area (Å²) in [6, 6.07) is 3.62. The molecule has 2 heterocycles. The van der Waals surface area contributed by atoms with Gasteiger partial charge in [0.1, 0.15) is 0 Å². The molecular weight excluding hydrogens is 220 g/mol. The number of aryl methyl sites for hydroxylation is 1. The number of nitrogen functional groups attached to an aromatic ring is 1. The molecule has 6 heteroatoms. The largest absolute Gasteiger partial charge is 0.481 e. The smallest absolute Gasteiger partial charge is 0.303 e. The summed E-state index contributed by atoms with van der Waals surface area (Å²) in [4.78, 5) is 14.5. The van der Waals surface area contributed by atoms with Crippen molar-refractivity contribution in [3.8, 4) is 11.1 Å². The lowest BCUT2D eigenvalue weighted by molar-refractivity contribution is -0.136. The fourth-order valence-corrected chi connectivity index (χ4v) is 1.65. The Balaban J connectivity index is 2.33. The van der Waals surface area contributed by atoms with E-state index in [4.69, 9.17) is 10.8 Å². The van der Waals surface area contributed by atoms with E-state index in [1.165, 1.54) is 0 Å². The van der Waals surface area contributed by atoms with Gasteiger partial charge in [0, 0.05) is 30.1 Å². The number of aromatic nitrogens is 3. The first-order valence-corrected chi connectivity index (χ1v) is 5.13. The molecule has 0 aliphatic heterocycles. The second-order valence-corrected chi connectivity index (χ2v) is 3.59. The van der Waals surface area contributed by atoms with Gasteiger partial charge in [0.25, 0.3) is 0 Å². The quantitative estimate of drug-likeness (QED) is 0.731. The topological polar surface area (TPSA) is 105 Å². The Bertz CT molecular complexity index is 522. The van der Waals surface area contributed by atoms with E-state index in [1.807, 2.05) is 12.1 Å². The number of anilines is 1. The molecule has 17 heavy (non-hydrogen) atoms. The highest BCUT2D eigenvalue weighted by Crippen LogP contribution is 2.27. The van der Waals surface area contributed by atoms with Crippen LogP contribution in [0.2, 0.25) is 0 Å². The molecule has 88 valence electrons. The molecule has 0 bridgehead atoms. The van der Waals surface area contributed by atoms with Gasteiger partial charge in [0.2, 0.25) is 0 Å². The van der Waals surface area contributed by atoms with E-state index in [2.05, 4.69) is 15.2 Å². The molecule has 0 aliphatic carbocycles. The molecular formula is C11H12N4O2. The number of nitrogens with zero attached hydrogens (tertiary/aromatic N) is 2. The van der Waals surface area contributed by atoms with Crippen molar-refractivity contribution < 1.29 is 9.90 Å². The summed E-state index contributed by atoms with van der Waals surface area (Å²) in [6.07, 6.45) is 3.72. The molecule has 0 aliphatic rings. The summed E-state index contributed by atoms with van der Waals surface area (Å²) in [5, 5.41) is 15.3. The van der Waals surface area contributed by atoms with E-state index < -0.39 is 5.97 Å². The highest BCUT2D eigenvalue weighted by molar-refractivity contribution is 5.76. The van der Waals surface area contributed by atoms with Gasteiger partial charge in [-0.15, -0.1) is 0 Å². The van der Waals surface area contributed by atoms with Crippen molar-refractivity contribution in [2.45, 2.75) is 12.8 Å². The summed E-state index contributed by atoms with van der Waals surface area (Å²) in [5.41, 5.74) is 8.14. The molecule has 0 saturated carbocycles. The Morgan fingerprint density at radius 3 is 2.76 bits per heavy atom. The van der Waals surface area contributed by atoms with E-state index in [0.717, 1.165) is 16.8 Å². The van der Waals surface area contributed by atoms with Crippen LogP contribution < -0.4 is 5.73 Å². The maximum atomic E-state index is 10.6. The van der Waals surface area contributed by atoms with Crippen molar-refractivity contribution in [2.24, 2.45) is 0 Å². The first-order valence-electron chi connectivity index (χ1n) is 5.13. The number of carbonyl (C=O) groups is 1. The average Bonchev–Trinajstić information content (AvgIpc) is 2.69. The normalized spacial score (nSPS) is 10.4. The van der Waals surface area contributed by atoms with E-state index in [1.54, 1.807) is 12.4 Å². The molecule has 6 nitrogen and oxygen atoms in total. The second kappa shape index (κ2) is 4.65. The number of carboxylic acid groups (broad SMARTS) is 1. The number of nitrogens with two attached hydrogens (primary N) is 1. The molecule has 0 unspecified atom stereocenters. The van der Waals surface area contributed by atoms with Crippen LogP contribution in [0.15, 0.2) is 24.5 Å². The number of hydrogen-bond acceptors (Lipinski definition) is 4. The molecule has 0 atom stereocenters. The standard InChI is InChI=1S/C11H12N4O2/c12-11-10(7-3-5-13-6-4-7)8(14-15-11)1-2-9(16)17/h3-6H,1-2H2,(H,16,17)(H3,12,14,15). The molecule has 2 rings (SSSR count). The van der Waals surface area contributed by atoms with Crippen molar-refractivity contribution in [1.82, 2.24) is 15.2 Å². The van der Waals surface area contributed by atoms with E-state index >= 15 is 0 Å². The van der Waals surface area contributed by atoms with Gasteiger partial charge in [0.05, 0.1) is 6.42 Å². The van der Waals surface area contributed by atoms with Crippen molar-refractivity contribution >= 4 is 11.8 Å². The SMILES string of the molecule is Nc1n[nH]c(CCC(=O)O)c1-c1ccncc1. The van der Waals surface area contributed by atoms with Gasteiger partial charge >= 0.3 is 5.97 Å². The highest BCUT2D eigenvalue weighted by atomic mass is 16.4. The molecule has 2 aromatic heterocycles. The Hall–Kier alpha value is -2.37.